The van der Waals surface area contributed by atoms with Crippen LogP contribution in [0.15, 0.2) is 71.7 Å². The van der Waals surface area contributed by atoms with Gasteiger partial charge in [0, 0.05) is 22.6 Å². The van der Waals surface area contributed by atoms with Gasteiger partial charge in [-0.1, -0.05) is 78.1 Å². The minimum Gasteiger partial charge on any atom is -0.452 e. The Balaban J connectivity index is 1.37. The van der Waals surface area contributed by atoms with E-state index in [9.17, 15) is 9.59 Å². The molecule has 0 saturated carbocycles. The first kappa shape index (κ1) is 20.5. The standard InChI is InChI=1S/C23H20N2O3S2/c26-21(25-20-11-5-8-16-6-1-3-9-18(16)20)14-28-22(27)19-10-4-2-7-17(19)15-30-23-24-12-13-29-23/h1-11H,12-15H2,(H,25,26). The third-order valence-electron chi connectivity index (χ3n) is 4.54. The molecule has 0 unspecified atom stereocenters. The molecule has 0 bridgehead atoms. The fraction of sp³-hybridized carbons (Fsp3) is 0.174. The number of ether oxygens (including phenoxy) is 1. The quantitative estimate of drug-likeness (QED) is 0.553. The molecule has 7 heteroatoms. The van der Waals surface area contributed by atoms with Gasteiger partial charge in [-0.25, -0.2) is 4.79 Å². The van der Waals surface area contributed by atoms with E-state index in [0.29, 0.717) is 17.0 Å². The fourth-order valence-corrected chi connectivity index (χ4v) is 5.13. The molecule has 152 valence electrons. The maximum Gasteiger partial charge on any atom is 0.338 e. The molecule has 1 aliphatic heterocycles. The van der Waals surface area contributed by atoms with Gasteiger partial charge in [0.05, 0.1) is 12.1 Å². The van der Waals surface area contributed by atoms with Gasteiger partial charge in [-0.15, -0.1) is 0 Å². The maximum absolute atomic E-state index is 12.6. The molecule has 3 aromatic carbocycles. The number of carbonyl (C=O) groups is 2. The van der Waals surface area contributed by atoms with Gasteiger partial charge in [0.2, 0.25) is 0 Å². The highest BCUT2D eigenvalue weighted by molar-refractivity contribution is 8.38. The van der Waals surface area contributed by atoms with Crippen LogP contribution in [-0.2, 0) is 15.3 Å². The third kappa shape index (κ3) is 5.04. The van der Waals surface area contributed by atoms with Gasteiger partial charge in [-0.2, -0.15) is 0 Å². The second-order valence-electron chi connectivity index (χ2n) is 6.59. The lowest BCUT2D eigenvalue weighted by molar-refractivity contribution is -0.119. The van der Waals surface area contributed by atoms with Gasteiger partial charge in [0.1, 0.15) is 4.38 Å². The minimum atomic E-state index is -0.500. The molecular formula is C23H20N2O3S2. The summed E-state index contributed by atoms with van der Waals surface area (Å²) < 4.78 is 6.34. The molecule has 1 heterocycles. The number of fused-ring (bicyclic) bond motifs is 1. The highest BCUT2D eigenvalue weighted by Crippen LogP contribution is 2.27. The number of carbonyl (C=O) groups excluding carboxylic acids is 2. The van der Waals surface area contributed by atoms with Crippen molar-refractivity contribution in [2.45, 2.75) is 5.75 Å². The van der Waals surface area contributed by atoms with Gasteiger partial charge in [-0.05, 0) is 23.1 Å². The number of esters is 1. The highest BCUT2D eigenvalue weighted by atomic mass is 32.2. The Hall–Kier alpha value is -2.77. The van der Waals surface area contributed by atoms with E-state index in [0.717, 1.165) is 33.0 Å². The summed E-state index contributed by atoms with van der Waals surface area (Å²) in [5.74, 6) is 0.778. The molecule has 30 heavy (non-hydrogen) atoms. The third-order valence-corrected chi connectivity index (χ3v) is 6.85. The molecule has 0 atom stereocenters. The lowest BCUT2D eigenvalue weighted by Gasteiger charge is -2.11. The molecule has 0 aromatic heterocycles. The van der Waals surface area contributed by atoms with Crippen molar-refractivity contribution in [2.24, 2.45) is 4.99 Å². The molecule has 5 nitrogen and oxygen atoms in total. The zero-order valence-electron chi connectivity index (χ0n) is 16.2. The summed E-state index contributed by atoms with van der Waals surface area (Å²) in [6, 6.07) is 20.8. The Morgan fingerprint density at radius 1 is 1.03 bits per heavy atom. The molecule has 1 aliphatic rings. The normalized spacial score (nSPS) is 13.1. The molecule has 1 amide bonds. The van der Waals surface area contributed by atoms with Crippen molar-refractivity contribution in [3.8, 4) is 0 Å². The van der Waals surface area contributed by atoms with E-state index in [1.54, 1.807) is 35.7 Å². The van der Waals surface area contributed by atoms with Crippen molar-refractivity contribution in [3.63, 3.8) is 0 Å². The largest absolute Gasteiger partial charge is 0.452 e. The predicted molar refractivity (Wildman–Crippen MR) is 125 cm³/mol. The van der Waals surface area contributed by atoms with Gasteiger partial charge in [-0.3, -0.25) is 9.79 Å². The molecule has 0 radical (unpaired) electrons. The number of anilines is 1. The van der Waals surface area contributed by atoms with E-state index in [1.165, 1.54) is 0 Å². The first-order valence-electron chi connectivity index (χ1n) is 9.53. The predicted octanol–water partition coefficient (Wildman–Crippen LogP) is 4.97. The first-order chi connectivity index (χ1) is 14.7. The van der Waals surface area contributed by atoms with Crippen LogP contribution in [0.25, 0.3) is 10.8 Å². The maximum atomic E-state index is 12.6. The Morgan fingerprint density at radius 3 is 2.70 bits per heavy atom. The Kier molecular flexibility index (Phi) is 6.71. The minimum absolute atomic E-state index is 0.341. The summed E-state index contributed by atoms with van der Waals surface area (Å²) in [6.45, 7) is 0.509. The van der Waals surface area contributed by atoms with E-state index in [1.807, 2.05) is 54.6 Å². The average Bonchev–Trinajstić information content (AvgIpc) is 3.30. The monoisotopic (exact) mass is 436 g/mol. The van der Waals surface area contributed by atoms with Crippen molar-refractivity contribution >= 4 is 56.2 Å². The van der Waals surface area contributed by atoms with Crippen LogP contribution < -0.4 is 5.32 Å². The number of amides is 1. The van der Waals surface area contributed by atoms with Crippen LogP contribution in [0.5, 0.6) is 0 Å². The molecule has 0 fully saturated rings. The highest BCUT2D eigenvalue weighted by Gasteiger charge is 2.16. The smallest absolute Gasteiger partial charge is 0.338 e. The molecule has 0 saturated heterocycles. The zero-order valence-corrected chi connectivity index (χ0v) is 17.8. The van der Waals surface area contributed by atoms with Crippen LogP contribution in [0.3, 0.4) is 0 Å². The van der Waals surface area contributed by atoms with E-state index in [2.05, 4.69) is 10.3 Å². The van der Waals surface area contributed by atoms with Crippen LogP contribution in [0.2, 0.25) is 0 Å². The summed E-state index contributed by atoms with van der Waals surface area (Å²) in [5, 5.41) is 4.80. The van der Waals surface area contributed by atoms with Gasteiger partial charge in [0.25, 0.3) is 5.91 Å². The summed E-state index contributed by atoms with van der Waals surface area (Å²) >= 11 is 3.36. The second kappa shape index (κ2) is 9.82. The SMILES string of the molecule is O=C(COC(=O)c1ccccc1CSC1=NCCS1)Nc1cccc2ccccc12. The molecule has 4 rings (SSSR count). The molecule has 1 N–H and O–H groups in total. The van der Waals surface area contributed by atoms with Gasteiger partial charge in [0.15, 0.2) is 6.61 Å². The zero-order chi connectivity index (χ0) is 20.8. The number of hydrogen-bond donors (Lipinski definition) is 1. The summed E-state index contributed by atoms with van der Waals surface area (Å²) in [4.78, 5) is 29.4. The number of nitrogens with zero attached hydrogens (tertiary/aromatic N) is 1. The van der Waals surface area contributed by atoms with Crippen LogP contribution in [0, 0.1) is 0 Å². The van der Waals surface area contributed by atoms with Crippen LogP contribution in [-0.4, -0.2) is 35.2 Å². The average molecular weight is 437 g/mol. The van der Waals surface area contributed by atoms with Gasteiger partial charge < -0.3 is 10.1 Å². The fourth-order valence-electron chi connectivity index (χ4n) is 3.12. The topological polar surface area (TPSA) is 67.8 Å². The summed E-state index contributed by atoms with van der Waals surface area (Å²) in [5.41, 5.74) is 2.05. The lowest BCUT2D eigenvalue weighted by Crippen LogP contribution is -2.21. The number of rotatable bonds is 6. The van der Waals surface area contributed by atoms with Crippen molar-refractivity contribution in [1.82, 2.24) is 0 Å². The summed E-state index contributed by atoms with van der Waals surface area (Å²) in [6.07, 6.45) is 0. The van der Waals surface area contributed by atoms with Crippen LogP contribution in [0.4, 0.5) is 5.69 Å². The van der Waals surface area contributed by atoms with Crippen molar-refractivity contribution in [2.75, 3.05) is 24.2 Å². The van der Waals surface area contributed by atoms with Crippen LogP contribution in [0.1, 0.15) is 15.9 Å². The van der Waals surface area contributed by atoms with Crippen LogP contribution >= 0.6 is 23.5 Å². The van der Waals surface area contributed by atoms with E-state index < -0.39 is 5.97 Å². The Bertz CT molecular complexity index is 1110. The van der Waals surface area contributed by atoms with E-state index in [-0.39, 0.29) is 12.5 Å². The lowest BCUT2D eigenvalue weighted by atomic mass is 10.1. The first-order valence-corrected chi connectivity index (χ1v) is 11.5. The number of hydrogen-bond acceptors (Lipinski definition) is 6. The Labute approximate surface area is 183 Å². The van der Waals surface area contributed by atoms with Crippen molar-refractivity contribution in [3.05, 3.63) is 77.9 Å². The van der Waals surface area contributed by atoms with Gasteiger partial charge >= 0.3 is 5.97 Å². The molecular weight excluding hydrogens is 416 g/mol. The van der Waals surface area contributed by atoms with Crippen molar-refractivity contribution in [1.29, 1.82) is 0 Å². The second-order valence-corrected chi connectivity index (χ2v) is 8.90. The molecule has 0 aliphatic carbocycles. The number of thioether (sulfide) groups is 2. The number of nitrogens with one attached hydrogen (secondary N) is 1. The number of benzene rings is 3. The van der Waals surface area contributed by atoms with E-state index >= 15 is 0 Å². The molecule has 3 aromatic rings. The Morgan fingerprint density at radius 2 is 1.83 bits per heavy atom. The molecule has 0 spiro atoms. The van der Waals surface area contributed by atoms with E-state index in [4.69, 9.17) is 4.74 Å². The summed E-state index contributed by atoms with van der Waals surface area (Å²) in [7, 11) is 0. The number of aliphatic imine (C=N–C) groups is 1. The van der Waals surface area contributed by atoms with Crippen molar-refractivity contribution < 1.29 is 14.3 Å².